The van der Waals surface area contributed by atoms with Crippen LogP contribution in [0.1, 0.15) is 5.76 Å². The second-order valence-corrected chi connectivity index (χ2v) is 5.60. The summed E-state index contributed by atoms with van der Waals surface area (Å²) in [5.41, 5.74) is 3.30. The van der Waals surface area contributed by atoms with Crippen LogP contribution in [0.2, 0.25) is 0 Å². The topological polar surface area (TPSA) is 13.1 Å². The van der Waals surface area contributed by atoms with Crippen LogP contribution in [0.3, 0.4) is 0 Å². The van der Waals surface area contributed by atoms with Gasteiger partial charge in [-0.05, 0) is 5.56 Å². The first-order valence-corrected chi connectivity index (χ1v) is 11.3. The van der Waals surface area contributed by atoms with E-state index in [1.54, 1.807) is 20.3 Å². The Bertz CT molecular complexity index is 624. The van der Waals surface area contributed by atoms with Crippen molar-refractivity contribution in [2.45, 2.75) is 6.42 Å². The van der Waals surface area contributed by atoms with Crippen molar-refractivity contribution in [2.75, 3.05) is 4.43 Å². The van der Waals surface area contributed by atoms with Crippen LogP contribution >= 0.6 is 42.9 Å². The average molecular weight is 564 g/mol. The molecule has 0 aliphatic rings. The Morgan fingerprint density at radius 1 is 0.864 bits per heavy atom. The molecule has 0 amide bonds. The Balaban J connectivity index is 0.000000847. The molecule has 0 aliphatic heterocycles. The fraction of sp³-hybridized carbons (Fsp3) is 0.111. The Hall–Kier alpha value is -0.301. The van der Waals surface area contributed by atoms with Gasteiger partial charge in [-0.1, -0.05) is 71.1 Å². The molecule has 0 radical (unpaired) electrons. The Kier molecular flexibility index (Phi) is 8.00. The molecule has 1 aromatic heterocycles. The number of furan rings is 1. The Morgan fingerprint density at radius 2 is 1.41 bits per heavy atom. The first-order chi connectivity index (χ1) is 10.9. The number of hydrogen-bond acceptors (Lipinski definition) is 1. The minimum absolute atomic E-state index is 0.910. The molecule has 1 heterocycles. The third-order valence-electron chi connectivity index (χ3n) is 3.14. The summed E-state index contributed by atoms with van der Waals surface area (Å²) in [7, 11) is 0. The van der Waals surface area contributed by atoms with E-state index in [0.717, 1.165) is 39.1 Å². The number of alkyl halides is 1. The van der Waals surface area contributed by atoms with Crippen molar-refractivity contribution in [2.24, 2.45) is 0 Å². The third kappa shape index (κ3) is 4.60. The van der Waals surface area contributed by atoms with Crippen molar-refractivity contribution in [3.05, 3.63) is 72.5 Å². The number of hydrogen-bond donors (Lipinski definition) is 0. The van der Waals surface area contributed by atoms with Crippen molar-refractivity contribution < 1.29 is 17.2 Å². The zero-order valence-corrected chi connectivity index (χ0v) is 16.9. The SMILES string of the molecule is ICCc1[c-]c(-c2ccccc2)c(-c2ccccc2)o1.[Cu+][I]. The van der Waals surface area contributed by atoms with Gasteiger partial charge in [0.15, 0.2) is 0 Å². The summed E-state index contributed by atoms with van der Waals surface area (Å²) in [5.74, 6) is 1.84. The summed E-state index contributed by atoms with van der Waals surface area (Å²) in [4.78, 5) is 0. The zero-order valence-electron chi connectivity index (χ0n) is 11.7. The van der Waals surface area contributed by atoms with Crippen LogP contribution in [-0.4, -0.2) is 4.43 Å². The molecule has 0 aliphatic carbocycles. The summed E-state index contributed by atoms with van der Waals surface area (Å²) in [6, 6.07) is 24.0. The quantitative estimate of drug-likeness (QED) is 0.158. The van der Waals surface area contributed by atoms with E-state index >= 15 is 0 Å². The molecule has 0 unspecified atom stereocenters. The van der Waals surface area contributed by atoms with Crippen LogP contribution < -0.4 is 0 Å². The molecule has 0 saturated heterocycles. The molecule has 0 N–H and O–H groups in total. The first-order valence-electron chi connectivity index (χ1n) is 6.71. The van der Waals surface area contributed by atoms with E-state index in [1.807, 2.05) is 36.4 Å². The van der Waals surface area contributed by atoms with Crippen molar-refractivity contribution in [1.82, 2.24) is 0 Å². The molecule has 0 bridgehead atoms. The van der Waals surface area contributed by atoms with Gasteiger partial charge in [0.2, 0.25) is 0 Å². The minimum atomic E-state index is 0.910. The van der Waals surface area contributed by atoms with Crippen molar-refractivity contribution in [1.29, 1.82) is 0 Å². The number of aryl methyl sites for hydroxylation is 1. The fourth-order valence-electron chi connectivity index (χ4n) is 2.20. The van der Waals surface area contributed by atoms with Gasteiger partial charge in [0.25, 0.3) is 0 Å². The third-order valence-corrected chi connectivity index (χ3v) is 3.68. The van der Waals surface area contributed by atoms with Crippen LogP contribution in [0.15, 0.2) is 65.1 Å². The predicted octanol–water partition coefficient (Wildman–Crippen LogP) is 6.27. The second-order valence-electron chi connectivity index (χ2n) is 4.53. The predicted molar refractivity (Wildman–Crippen MR) is 105 cm³/mol. The van der Waals surface area contributed by atoms with E-state index < -0.39 is 0 Å². The van der Waals surface area contributed by atoms with Crippen molar-refractivity contribution >= 4 is 42.9 Å². The van der Waals surface area contributed by atoms with Crippen LogP contribution in [0.25, 0.3) is 22.5 Å². The van der Waals surface area contributed by atoms with Crippen molar-refractivity contribution in [3.63, 3.8) is 0 Å². The van der Waals surface area contributed by atoms with Gasteiger partial charge in [0.05, 0.1) is 0 Å². The number of rotatable bonds is 4. The van der Waals surface area contributed by atoms with E-state index in [2.05, 4.69) is 65.7 Å². The Labute approximate surface area is 164 Å². The summed E-state index contributed by atoms with van der Waals surface area (Å²) >= 11 is 8.23. The van der Waals surface area contributed by atoms with Crippen LogP contribution in [0, 0.1) is 6.07 Å². The van der Waals surface area contributed by atoms with E-state index in [0.29, 0.717) is 0 Å². The maximum absolute atomic E-state index is 6.04. The van der Waals surface area contributed by atoms with Gasteiger partial charge in [0.1, 0.15) is 0 Å². The second kappa shape index (κ2) is 9.75. The van der Waals surface area contributed by atoms with Gasteiger partial charge in [-0.15, -0.1) is 29.3 Å². The number of halogens is 2. The fourth-order valence-corrected chi connectivity index (χ4v) is 2.69. The Morgan fingerprint density at radius 3 is 1.95 bits per heavy atom. The van der Waals surface area contributed by atoms with E-state index in [9.17, 15) is 0 Å². The summed E-state index contributed by atoms with van der Waals surface area (Å²) in [6.07, 6.45) is 0.910. The molecule has 3 aromatic rings. The molecule has 0 atom stereocenters. The van der Waals surface area contributed by atoms with E-state index in [4.69, 9.17) is 4.42 Å². The first kappa shape index (κ1) is 18.0. The molecule has 0 fully saturated rings. The molecule has 0 saturated carbocycles. The number of benzene rings is 2. The molecule has 117 valence electrons. The van der Waals surface area contributed by atoms with E-state index in [-0.39, 0.29) is 0 Å². The summed E-state index contributed by atoms with van der Waals surface area (Å²) < 4.78 is 7.07. The van der Waals surface area contributed by atoms with Gasteiger partial charge in [-0.2, -0.15) is 0 Å². The van der Waals surface area contributed by atoms with Gasteiger partial charge in [-0.3, -0.25) is 0 Å². The zero-order chi connectivity index (χ0) is 15.8. The average Bonchev–Trinajstić information content (AvgIpc) is 3.03. The summed E-state index contributed by atoms with van der Waals surface area (Å²) in [6.45, 7) is 0. The monoisotopic (exact) mass is 563 g/mol. The van der Waals surface area contributed by atoms with Gasteiger partial charge in [-0.25, -0.2) is 0 Å². The van der Waals surface area contributed by atoms with Gasteiger partial charge in [0, 0.05) is 22.4 Å². The van der Waals surface area contributed by atoms with Gasteiger partial charge < -0.3 is 4.42 Å². The van der Waals surface area contributed by atoms with Crippen LogP contribution in [-0.2, 0) is 19.2 Å². The standard InChI is InChI=1S/C18H14IO.Cu.HI/c19-12-11-16-13-17(14-7-3-1-4-8-14)18(20-16)15-9-5-2-6-10-15;;/h1-10H,11-12H2;;1H/q-1;+2;/p-1. The van der Waals surface area contributed by atoms with Crippen molar-refractivity contribution in [3.8, 4) is 22.5 Å². The molecular formula is C18H14CuI2O. The van der Waals surface area contributed by atoms with Crippen LogP contribution in [0.4, 0.5) is 0 Å². The van der Waals surface area contributed by atoms with Gasteiger partial charge >= 0.3 is 33.1 Å². The maximum atomic E-state index is 6.04. The molecule has 22 heavy (non-hydrogen) atoms. The van der Waals surface area contributed by atoms with Crippen LogP contribution in [0.5, 0.6) is 0 Å². The molecule has 4 heteroatoms. The molecular weight excluding hydrogens is 550 g/mol. The van der Waals surface area contributed by atoms with E-state index in [1.165, 1.54) is 0 Å². The normalized spacial score (nSPS) is 10.0. The molecule has 1 nitrogen and oxygen atoms in total. The summed E-state index contributed by atoms with van der Waals surface area (Å²) in [5, 5.41) is 0. The molecule has 3 rings (SSSR count). The molecule has 2 aromatic carbocycles. The molecule has 0 spiro atoms.